The zero-order valence-corrected chi connectivity index (χ0v) is 16.2. The molecular weight excluding hydrogens is 348 g/mol. The lowest BCUT2D eigenvalue weighted by Crippen LogP contribution is -2.13. The number of aliphatic hydroxyl groups excluding tert-OH is 1. The lowest BCUT2D eigenvalue weighted by atomic mass is 9.98. The van der Waals surface area contributed by atoms with Crippen LogP contribution in [0.25, 0.3) is 10.8 Å². The van der Waals surface area contributed by atoms with Crippen LogP contribution in [0.2, 0.25) is 0 Å². The van der Waals surface area contributed by atoms with Gasteiger partial charge >= 0.3 is 5.97 Å². The third-order valence-corrected chi connectivity index (χ3v) is 4.81. The smallest absolute Gasteiger partial charge is 0.308 e. The Morgan fingerprint density at radius 2 is 1.96 bits per heavy atom. The number of methoxy groups -OCH3 is 2. The van der Waals surface area contributed by atoms with Crippen LogP contribution in [-0.4, -0.2) is 37.5 Å². The quantitative estimate of drug-likeness (QED) is 0.613. The van der Waals surface area contributed by atoms with Crippen LogP contribution in [0.4, 0.5) is 0 Å². The maximum atomic E-state index is 11.6. The second-order valence-electron chi connectivity index (χ2n) is 6.81. The van der Waals surface area contributed by atoms with E-state index in [1.165, 1.54) is 6.92 Å². The van der Waals surface area contributed by atoms with Crippen molar-refractivity contribution in [2.24, 2.45) is 0 Å². The average molecular weight is 374 g/mol. The molecule has 1 fully saturated rings. The maximum absolute atomic E-state index is 11.6. The molecule has 0 aliphatic carbocycles. The number of esters is 1. The van der Waals surface area contributed by atoms with Crippen molar-refractivity contribution in [3.05, 3.63) is 29.8 Å². The molecule has 1 heterocycles. The highest BCUT2D eigenvalue weighted by atomic mass is 16.5. The molecule has 1 saturated heterocycles. The number of ether oxygens (including phenoxy) is 4. The van der Waals surface area contributed by atoms with Crippen LogP contribution in [0.15, 0.2) is 24.3 Å². The van der Waals surface area contributed by atoms with E-state index in [-0.39, 0.29) is 6.10 Å². The molecule has 0 bridgehead atoms. The van der Waals surface area contributed by atoms with E-state index < -0.39 is 18.2 Å². The molecule has 1 aliphatic heterocycles. The van der Waals surface area contributed by atoms with Crippen molar-refractivity contribution in [1.29, 1.82) is 0 Å². The van der Waals surface area contributed by atoms with Crippen molar-refractivity contribution in [2.75, 3.05) is 14.2 Å². The van der Waals surface area contributed by atoms with E-state index in [9.17, 15) is 9.90 Å². The van der Waals surface area contributed by atoms with Gasteiger partial charge in [0.05, 0.1) is 31.8 Å². The standard InChI is InChI=1S/C21H26O6/c1-5-6-15-10-17(23)21(27-15)14-7-13-8-16(24-3)11-18(25-4)20(13)19(9-14)26-12(2)22/h7-9,11,15,17,21,23H,5-6,10H2,1-4H3/t15-,17-,21-/m1/s1. The number of carbonyl (C=O) groups excluding carboxylic acids is 1. The molecule has 2 aromatic rings. The fourth-order valence-electron chi connectivity index (χ4n) is 3.67. The third-order valence-electron chi connectivity index (χ3n) is 4.81. The van der Waals surface area contributed by atoms with Gasteiger partial charge < -0.3 is 24.1 Å². The van der Waals surface area contributed by atoms with Gasteiger partial charge in [-0.1, -0.05) is 13.3 Å². The van der Waals surface area contributed by atoms with Gasteiger partial charge in [-0.3, -0.25) is 4.79 Å². The summed E-state index contributed by atoms with van der Waals surface area (Å²) in [5.41, 5.74) is 0.764. The van der Waals surface area contributed by atoms with E-state index in [1.807, 2.05) is 12.1 Å². The molecule has 3 rings (SSSR count). The van der Waals surface area contributed by atoms with Crippen LogP contribution >= 0.6 is 0 Å². The molecule has 0 spiro atoms. The Labute approximate surface area is 159 Å². The highest BCUT2D eigenvalue weighted by molar-refractivity contribution is 5.97. The van der Waals surface area contributed by atoms with Gasteiger partial charge in [0, 0.05) is 19.4 Å². The molecule has 3 atom stereocenters. The number of fused-ring (bicyclic) bond motifs is 1. The Bertz CT molecular complexity index is 831. The predicted molar refractivity (Wildman–Crippen MR) is 102 cm³/mol. The number of benzene rings is 2. The van der Waals surface area contributed by atoms with Gasteiger partial charge in [-0.05, 0) is 35.6 Å². The molecule has 0 saturated carbocycles. The number of aliphatic hydroxyl groups is 1. The van der Waals surface area contributed by atoms with Crippen molar-refractivity contribution >= 4 is 16.7 Å². The minimum absolute atomic E-state index is 0.0303. The summed E-state index contributed by atoms with van der Waals surface area (Å²) in [6, 6.07) is 7.27. The van der Waals surface area contributed by atoms with Crippen molar-refractivity contribution in [3.8, 4) is 17.2 Å². The Hall–Kier alpha value is -2.31. The molecule has 6 nitrogen and oxygen atoms in total. The van der Waals surface area contributed by atoms with E-state index in [2.05, 4.69) is 6.92 Å². The molecule has 0 unspecified atom stereocenters. The molecule has 1 N–H and O–H groups in total. The van der Waals surface area contributed by atoms with Crippen LogP contribution in [-0.2, 0) is 9.53 Å². The summed E-state index contributed by atoms with van der Waals surface area (Å²) in [6.45, 7) is 3.45. The first kappa shape index (κ1) is 19.5. The number of hydrogen-bond acceptors (Lipinski definition) is 6. The summed E-state index contributed by atoms with van der Waals surface area (Å²) < 4.78 is 22.4. The first-order valence-corrected chi connectivity index (χ1v) is 9.18. The van der Waals surface area contributed by atoms with Crippen LogP contribution in [0, 0.1) is 0 Å². The number of rotatable bonds is 6. The van der Waals surface area contributed by atoms with E-state index in [1.54, 1.807) is 26.4 Å². The minimum Gasteiger partial charge on any atom is -0.497 e. The minimum atomic E-state index is -0.600. The molecule has 2 aromatic carbocycles. The first-order chi connectivity index (χ1) is 13.0. The molecule has 146 valence electrons. The lowest BCUT2D eigenvalue weighted by molar-refractivity contribution is -0.131. The summed E-state index contributed by atoms with van der Waals surface area (Å²) in [6.07, 6.45) is 1.46. The number of carbonyl (C=O) groups is 1. The van der Waals surface area contributed by atoms with E-state index in [4.69, 9.17) is 18.9 Å². The van der Waals surface area contributed by atoms with Gasteiger partial charge in [-0.15, -0.1) is 0 Å². The number of hydrogen-bond donors (Lipinski definition) is 1. The Balaban J connectivity index is 2.13. The summed E-state index contributed by atoms with van der Waals surface area (Å²) in [5, 5.41) is 12.0. The van der Waals surface area contributed by atoms with E-state index in [0.717, 1.165) is 23.8 Å². The summed E-state index contributed by atoms with van der Waals surface area (Å²) in [5.74, 6) is 1.12. The molecule has 27 heavy (non-hydrogen) atoms. The van der Waals surface area contributed by atoms with E-state index in [0.29, 0.717) is 29.1 Å². The van der Waals surface area contributed by atoms with Crippen LogP contribution < -0.4 is 14.2 Å². The monoisotopic (exact) mass is 374 g/mol. The van der Waals surface area contributed by atoms with Gasteiger partial charge in [0.15, 0.2) is 0 Å². The van der Waals surface area contributed by atoms with Gasteiger partial charge in [0.2, 0.25) is 0 Å². The van der Waals surface area contributed by atoms with Gasteiger partial charge in [0.1, 0.15) is 23.4 Å². The Morgan fingerprint density at radius 3 is 2.59 bits per heavy atom. The van der Waals surface area contributed by atoms with Crippen molar-refractivity contribution < 1.29 is 28.8 Å². The van der Waals surface area contributed by atoms with E-state index >= 15 is 0 Å². The molecule has 0 radical (unpaired) electrons. The van der Waals surface area contributed by atoms with Crippen molar-refractivity contribution in [2.45, 2.75) is 51.4 Å². The molecule has 0 amide bonds. The maximum Gasteiger partial charge on any atom is 0.308 e. The average Bonchev–Trinajstić information content (AvgIpc) is 3.00. The summed E-state index contributed by atoms with van der Waals surface area (Å²) >= 11 is 0. The highest BCUT2D eigenvalue weighted by Gasteiger charge is 2.35. The van der Waals surface area contributed by atoms with Crippen LogP contribution in [0.5, 0.6) is 17.2 Å². The predicted octanol–water partition coefficient (Wildman–Crippen LogP) is 3.77. The van der Waals surface area contributed by atoms with Gasteiger partial charge in [-0.25, -0.2) is 0 Å². The largest absolute Gasteiger partial charge is 0.497 e. The molecule has 1 aliphatic rings. The second-order valence-corrected chi connectivity index (χ2v) is 6.81. The van der Waals surface area contributed by atoms with Gasteiger partial charge in [0.25, 0.3) is 0 Å². The molecular formula is C21H26O6. The first-order valence-electron chi connectivity index (χ1n) is 9.18. The Morgan fingerprint density at radius 1 is 1.19 bits per heavy atom. The lowest BCUT2D eigenvalue weighted by Gasteiger charge is -2.19. The Kier molecular flexibility index (Phi) is 5.87. The normalized spacial score (nSPS) is 22.0. The summed E-state index contributed by atoms with van der Waals surface area (Å²) in [4.78, 5) is 11.6. The van der Waals surface area contributed by atoms with Crippen LogP contribution in [0.3, 0.4) is 0 Å². The fourth-order valence-corrected chi connectivity index (χ4v) is 3.67. The topological polar surface area (TPSA) is 74.2 Å². The zero-order chi connectivity index (χ0) is 19.6. The SMILES string of the molecule is CCC[C@@H]1C[C@@H](O)[C@@H](c2cc(OC(C)=O)c3c(OC)cc(OC)cc3c2)O1. The molecule has 0 aromatic heterocycles. The second kappa shape index (κ2) is 8.15. The molecule has 6 heteroatoms. The zero-order valence-electron chi connectivity index (χ0n) is 16.2. The van der Waals surface area contributed by atoms with Gasteiger partial charge in [-0.2, -0.15) is 0 Å². The van der Waals surface area contributed by atoms with Crippen molar-refractivity contribution in [3.63, 3.8) is 0 Å². The van der Waals surface area contributed by atoms with Crippen molar-refractivity contribution in [1.82, 2.24) is 0 Å². The third kappa shape index (κ3) is 4.01. The fraction of sp³-hybridized carbons (Fsp3) is 0.476. The van der Waals surface area contributed by atoms with Crippen LogP contribution in [0.1, 0.15) is 44.8 Å². The summed E-state index contributed by atoms with van der Waals surface area (Å²) in [7, 11) is 3.13. The highest BCUT2D eigenvalue weighted by Crippen LogP contribution is 2.43.